The number of hydrogen-bond acceptors (Lipinski definition) is 6. The lowest BCUT2D eigenvalue weighted by atomic mass is 10.00. The molecule has 2 aromatic carbocycles. The fraction of sp³-hybridized carbons (Fsp3) is 0.280. The molecular formula is C25H22F2N4O3. The molecule has 2 aromatic heterocycles. The van der Waals surface area contributed by atoms with Gasteiger partial charge in [0.05, 0.1) is 30.0 Å². The summed E-state index contributed by atoms with van der Waals surface area (Å²) in [7, 11) is 0. The average Bonchev–Trinajstić information content (AvgIpc) is 3.48. The third kappa shape index (κ3) is 4.38. The van der Waals surface area contributed by atoms with Crippen LogP contribution in [0.4, 0.5) is 8.78 Å². The van der Waals surface area contributed by atoms with Gasteiger partial charge in [-0.2, -0.15) is 5.10 Å². The van der Waals surface area contributed by atoms with E-state index in [0.29, 0.717) is 52.4 Å². The highest BCUT2D eigenvalue weighted by molar-refractivity contribution is 6.04. The highest BCUT2D eigenvalue weighted by Crippen LogP contribution is 2.36. The molecule has 1 aliphatic heterocycles. The van der Waals surface area contributed by atoms with Crippen molar-refractivity contribution < 1.29 is 23.0 Å². The van der Waals surface area contributed by atoms with Gasteiger partial charge in [-0.1, -0.05) is 30.3 Å². The molecule has 1 saturated heterocycles. The van der Waals surface area contributed by atoms with E-state index >= 15 is 0 Å². The first-order valence-corrected chi connectivity index (χ1v) is 10.9. The quantitative estimate of drug-likeness (QED) is 0.366. The van der Waals surface area contributed by atoms with Crippen LogP contribution in [0, 0.1) is 0 Å². The van der Waals surface area contributed by atoms with Gasteiger partial charge in [-0.05, 0) is 13.0 Å². The van der Waals surface area contributed by atoms with Crippen LogP contribution in [-0.2, 0) is 11.3 Å². The molecule has 0 amide bonds. The first kappa shape index (κ1) is 22.1. The van der Waals surface area contributed by atoms with Crippen LogP contribution in [-0.4, -0.2) is 51.3 Å². The minimum Gasteiger partial charge on any atom is -0.487 e. The number of fused-ring (bicyclic) bond motifs is 1. The third-order valence-electron chi connectivity index (χ3n) is 5.69. The van der Waals surface area contributed by atoms with E-state index in [0.717, 1.165) is 12.0 Å². The van der Waals surface area contributed by atoms with Crippen LogP contribution in [0.1, 0.15) is 23.7 Å². The van der Waals surface area contributed by atoms with E-state index in [1.807, 2.05) is 30.3 Å². The lowest BCUT2D eigenvalue weighted by Gasteiger charge is -2.16. The first-order chi connectivity index (χ1) is 16.5. The van der Waals surface area contributed by atoms with Gasteiger partial charge in [0.2, 0.25) is 0 Å². The van der Waals surface area contributed by atoms with Crippen molar-refractivity contribution in [3.05, 3.63) is 60.6 Å². The number of Topliss-reactive ketones (excluding diaryl/α,β-unsaturated/α-hetero) is 1. The Balaban J connectivity index is 1.67. The summed E-state index contributed by atoms with van der Waals surface area (Å²) in [6.07, 6.45) is 1.03. The van der Waals surface area contributed by atoms with E-state index in [2.05, 4.69) is 15.1 Å². The van der Waals surface area contributed by atoms with Crippen molar-refractivity contribution in [1.82, 2.24) is 19.7 Å². The number of ether oxygens (including phenoxy) is 2. The number of alkyl halides is 2. The molecule has 7 nitrogen and oxygen atoms in total. The van der Waals surface area contributed by atoms with Gasteiger partial charge < -0.3 is 9.47 Å². The predicted molar refractivity (Wildman–Crippen MR) is 122 cm³/mol. The number of ketones is 1. The Bertz CT molecular complexity index is 1340. The minimum absolute atomic E-state index is 0.130. The van der Waals surface area contributed by atoms with Crippen molar-refractivity contribution >= 4 is 16.7 Å². The maximum atomic E-state index is 13.1. The van der Waals surface area contributed by atoms with E-state index in [4.69, 9.17) is 9.47 Å². The molecular weight excluding hydrogens is 442 g/mol. The summed E-state index contributed by atoms with van der Waals surface area (Å²) in [4.78, 5) is 21.3. The summed E-state index contributed by atoms with van der Waals surface area (Å²) < 4.78 is 38.9. The molecule has 0 unspecified atom stereocenters. The van der Waals surface area contributed by atoms with Crippen molar-refractivity contribution in [1.29, 1.82) is 0 Å². The molecule has 4 aromatic rings. The number of benzene rings is 2. The largest absolute Gasteiger partial charge is 0.487 e. The van der Waals surface area contributed by atoms with Crippen LogP contribution < -0.4 is 4.74 Å². The maximum absolute atomic E-state index is 13.1. The molecule has 34 heavy (non-hydrogen) atoms. The summed E-state index contributed by atoms with van der Waals surface area (Å²) >= 11 is 0. The van der Waals surface area contributed by atoms with Crippen LogP contribution in [0.5, 0.6) is 5.75 Å². The Kier molecular flexibility index (Phi) is 6.02. The number of carbonyl (C=O) groups is 1. The van der Waals surface area contributed by atoms with Gasteiger partial charge in [-0.25, -0.2) is 18.7 Å². The second-order valence-corrected chi connectivity index (χ2v) is 8.12. The van der Waals surface area contributed by atoms with Gasteiger partial charge >= 0.3 is 0 Å². The zero-order chi connectivity index (χ0) is 23.7. The zero-order valence-corrected chi connectivity index (χ0v) is 18.4. The summed E-state index contributed by atoms with van der Waals surface area (Å²) in [5.74, 6) is 0.277. The molecule has 5 rings (SSSR count). The zero-order valence-electron chi connectivity index (χ0n) is 18.4. The van der Waals surface area contributed by atoms with E-state index in [-0.39, 0.29) is 11.9 Å². The highest BCUT2D eigenvalue weighted by atomic mass is 19.3. The Labute approximate surface area is 194 Å². The molecule has 3 heterocycles. The monoisotopic (exact) mass is 464 g/mol. The highest BCUT2D eigenvalue weighted by Gasteiger charge is 2.23. The molecule has 0 spiro atoms. The van der Waals surface area contributed by atoms with Crippen LogP contribution in [0.15, 0.2) is 55.0 Å². The SMILES string of the molecule is CC(=O)c1cc2c(-c3cn(CC(F)F)nc3-c3ccccc3)ncnc2cc1O[C@H]1CCOC1. The standard InChI is InChI=1S/C25H22F2N4O3/c1-15(32)18-9-19-21(10-22(18)34-17-7-8-33-13-17)28-14-29-25(19)20-11-31(12-23(26)27)30-24(20)16-5-3-2-4-6-16/h2-6,9-11,14,17,23H,7-8,12-13H2,1H3/t17-/m0/s1. The summed E-state index contributed by atoms with van der Waals surface area (Å²) in [5.41, 5.74) is 3.34. The lowest BCUT2D eigenvalue weighted by Crippen LogP contribution is -2.17. The Morgan fingerprint density at radius 3 is 2.74 bits per heavy atom. The second-order valence-electron chi connectivity index (χ2n) is 8.12. The smallest absolute Gasteiger partial charge is 0.257 e. The molecule has 9 heteroatoms. The summed E-state index contributed by atoms with van der Waals surface area (Å²) in [5, 5.41) is 5.03. The Morgan fingerprint density at radius 1 is 1.21 bits per heavy atom. The van der Waals surface area contributed by atoms with Crippen molar-refractivity contribution in [2.45, 2.75) is 32.4 Å². The van der Waals surface area contributed by atoms with Crippen molar-refractivity contribution in [3.8, 4) is 28.3 Å². The molecule has 1 fully saturated rings. The fourth-order valence-electron chi connectivity index (χ4n) is 4.10. The molecule has 0 radical (unpaired) electrons. The molecule has 0 saturated carbocycles. The predicted octanol–water partition coefficient (Wildman–Crippen LogP) is 4.80. The number of hydrogen-bond donors (Lipinski definition) is 0. The van der Waals surface area contributed by atoms with Gasteiger partial charge in [0.25, 0.3) is 6.43 Å². The van der Waals surface area contributed by atoms with Gasteiger partial charge in [0, 0.05) is 35.2 Å². The van der Waals surface area contributed by atoms with E-state index in [9.17, 15) is 13.6 Å². The average molecular weight is 464 g/mol. The summed E-state index contributed by atoms with van der Waals surface area (Å²) in [6, 6.07) is 12.7. The van der Waals surface area contributed by atoms with Crippen LogP contribution in [0.3, 0.4) is 0 Å². The minimum atomic E-state index is -2.55. The fourth-order valence-corrected chi connectivity index (χ4v) is 4.10. The molecule has 0 aliphatic carbocycles. The van der Waals surface area contributed by atoms with Gasteiger partial charge in [0.1, 0.15) is 30.4 Å². The molecule has 174 valence electrons. The van der Waals surface area contributed by atoms with Crippen molar-refractivity contribution in [3.63, 3.8) is 0 Å². The van der Waals surface area contributed by atoms with Crippen LogP contribution in [0.2, 0.25) is 0 Å². The second kappa shape index (κ2) is 9.26. The molecule has 1 atom stereocenters. The number of carbonyl (C=O) groups excluding carboxylic acids is 1. The Hall–Kier alpha value is -3.72. The van der Waals surface area contributed by atoms with E-state index in [1.165, 1.54) is 17.9 Å². The van der Waals surface area contributed by atoms with E-state index < -0.39 is 13.0 Å². The summed E-state index contributed by atoms with van der Waals surface area (Å²) in [6.45, 7) is 2.01. The first-order valence-electron chi connectivity index (χ1n) is 10.9. The normalized spacial score (nSPS) is 15.8. The molecule has 0 N–H and O–H groups in total. The number of halogens is 2. The topological polar surface area (TPSA) is 79.1 Å². The number of aromatic nitrogens is 4. The van der Waals surface area contributed by atoms with Crippen LogP contribution >= 0.6 is 0 Å². The van der Waals surface area contributed by atoms with Crippen molar-refractivity contribution in [2.24, 2.45) is 0 Å². The van der Waals surface area contributed by atoms with Gasteiger partial charge in [-0.15, -0.1) is 0 Å². The van der Waals surface area contributed by atoms with E-state index in [1.54, 1.807) is 18.3 Å². The molecule has 0 bridgehead atoms. The number of nitrogens with zero attached hydrogens (tertiary/aromatic N) is 4. The van der Waals surface area contributed by atoms with Gasteiger partial charge in [-0.3, -0.25) is 9.48 Å². The van der Waals surface area contributed by atoms with Crippen LogP contribution in [0.25, 0.3) is 33.4 Å². The molecule has 1 aliphatic rings. The third-order valence-corrected chi connectivity index (χ3v) is 5.69. The Morgan fingerprint density at radius 2 is 2.03 bits per heavy atom. The lowest BCUT2D eigenvalue weighted by molar-refractivity contribution is 0.100. The number of rotatable bonds is 7. The van der Waals surface area contributed by atoms with Gasteiger partial charge in [0.15, 0.2) is 5.78 Å². The van der Waals surface area contributed by atoms with Crippen molar-refractivity contribution in [2.75, 3.05) is 13.2 Å². The maximum Gasteiger partial charge on any atom is 0.257 e.